The molecule has 2 aromatic heterocycles. The number of nitrogens with two attached hydrogens (primary N) is 1. The molecule has 1 aromatic carbocycles. The van der Waals surface area contributed by atoms with Gasteiger partial charge in [0.1, 0.15) is 5.75 Å². The number of nitriles is 1. The van der Waals surface area contributed by atoms with Crippen LogP contribution in [0.15, 0.2) is 36.7 Å². The zero-order chi connectivity index (χ0) is 23.0. The molecule has 1 aliphatic rings. The Morgan fingerprint density at radius 3 is 2.56 bits per heavy atom. The van der Waals surface area contributed by atoms with Crippen LogP contribution in [0.4, 0.5) is 23.4 Å². The normalized spacial score (nSPS) is 19.7. The van der Waals surface area contributed by atoms with Crippen molar-refractivity contribution in [3.63, 3.8) is 0 Å². The van der Waals surface area contributed by atoms with Crippen molar-refractivity contribution in [2.45, 2.75) is 24.9 Å². The summed E-state index contributed by atoms with van der Waals surface area (Å²) in [4.78, 5) is 9.03. The first-order chi connectivity index (χ1) is 15.2. The summed E-state index contributed by atoms with van der Waals surface area (Å²) >= 11 is 0. The van der Waals surface area contributed by atoms with Gasteiger partial charge in [-0.2, -0.15) is 10.4 Å². The van der Waals surface area contributed by atoms with Gasteiger partial charge in [-0.1, -0.05) is 0 Å². The first-order valence-corrected chi connectivity index (χ1v) is 9.43. The van der Waals surface area contributed by atoms with Gasteiger partial charge in [0.15, 0.2) is 11.6 Å². The summed E-state index contributed by atoms with van der Waals surface area (Å²) in [5, 5.41) is 13.2. The Balaban J connectivity index is 1.68. The van der Waals surface area contributed by atoms with Crippen molar-refractivity contribution in [3.05, 3.63) is 47.8 Å². The minimum absolute atomic E-state index is 0.0488. The fourth-order valence-electron chi connectivity index (χ4n) is 3.21. The van der Waals surface area contributed by atoms with Gasteiger partial charge in [-0.25, -0.2) is 32.2 Å². The minimum atomic E-state index is -3.83. The SMILES string of the molecule is Cn1nc(N2CC(F)(F)C(F)C2F)cc1Oc1cc(C#N)ccc1-c1ncc(CN)cn1. The average molecular weight is 447 g/mol. The molecule has 3 heterocycles. The van der Waals surface area contributed by atoms with E-state index in [2.05, 4.69) is 15.1 Å². The molecule has 8 nitrogen and oxygen atoms in total. The van der Waals surface area contributed by atoms with E-state index in [1.807, 2.05) is 6.07 Å². The second-order valence-corrected chi connectivity index (χ2v) is 7.17. The summed E-state index contributed by atoms with van der Waals surface area (Å²) in [5.41, 5.74) is 7.01. The number of hydrogen-bond acceptors (Lipinski definition) is 7. The Hall–Kier alpha value is -3.72. The van der Waals surface area contributed by atoms with Gasteiger partial charge in [-0.3, -0.25) is 0 Å². The van der Waals surface area contributed by atoms with Crippen LogP contribution in [0, 0.1) is 11.3 Å². The molecular formula is C20H17F4N7O. The van der Waals surface area contributed by atoms with Gasteiger partial charge in [0.05, 0.1) is 23.7 Å². The molecule has 0 aliphatic carbocycles. The summed E-state index contributed by atoms with van der Waals surface area (Å²) in [6.45, 7) is -0.887. The molecular weight excluding hydrogens is 430 g/mol. The van der Waals surface area contributed by atoms with E-state index >= 15 is 0 Å². The molecule has 2 unspecified atom stereocenters. The Labute approximate surface area is 179 Å². The van der Waals surface area contributed by atoms with Gasteiger partial charge in [0.2, 0.25) is 18.3 Å². The quantitative estimate of drug-likeness (QED) is 0.473. The highest BCUT2D eigenvalue weighted by Gasteiger charge is 2.56. The predicted molar refractivity (Wildman–Crippen MR) is 105 cm³/mol. The fourth-order valence-corrected chi connectivity index (χ4v) is 3.21. The van der Waals surface area contributed by atoms with Gasteiger partial charge in [0, 0.05) is 37.6 Å². The predicted octanol–water partition coefficient (Wildman–Crippen LogP) is 3.09. The van der Waals surface area contributed by atoms with Crippen LogP contribution in [0.25, 0.3) is 11.4 Å². The summed E-state index contributed by atoms with van der Waals surface area (Å²) < 4.78 is 61.9. The number of rotatable bonds is 5. The number of nitrogens with zero attached hydrogens (tertiary/aromatic N) is 6. The van der Waals surface area contributed by atoms with Crippen molar-refractivity contribution in [1.82, 2.24) is 19.7 Å². The summed E-state index contributed by atoms with van der Waals surface area (Å²) in [6, 6.07) is 7.79. The fraction of sp³-hybridized carbons (Fsp3) is 0.300. The summed E-state index contributed by atoms with van der Waals surface area (Å²) in [6.07, 6.45) is -2.40. The van der Waals surface area contributed by atoms with Crippen molar-refractivity contribution in [2.24, 2.45) is 12.8 Å². The van der Waals surface area contributed by atoms with Crippen molar-refractivity contribution in [2.75, 3.05) is 11.4 Å². The van der Waals surface area contributed by atoms with Gasteiger partial charge in [0.25, 0.3) is 0 Å². The highest BCUT2D eigenvalue weighted by atomic mass is 19.3. The lowest BCUT2D eigenvalue weighted by Crippen LogP contribution is -2.30. The van der Waals surface area contributed by atoms with E-state index in [1.165, 1.54) is 23.9 Å². The minimum Gasteiger partial charge on any atom is -0.438 e. The molecule has 0 amide bonds. The monoisotopic (exact) mass is 447 g/mol. The van der Waals surface area contributed by atoms with Crippen LogP contribution in [-0.2, 0) is 13.6 Å². The summed E-state index contributed by atoms with van der Waals surface area (Å²) in [5.74, 6) is -3.51. The number of benzene rings is 1. The molecule has 12 heteroatoms. The van der Waals surface area contributed by atoms with Crippen molar-refractivity contribution >= 4 is 5.82 Å². The van der Waals surface area contributed by atoms with Crippen LogP contribution in [0.3, 0.4) is 0 Å². The first kappa shape index (κ1) is 21.5. The molecule has 0 bridgehead atoms. The van der Waals surface area contributed by atoms with Gasteiger partial charge in [-0.15, -0.1) is 0 Å². The second kappa shape index (κ2) is 8.08. The Morgan fingerprint density at radius 1 is 1.25 bits per heavy atom. The third kappa shape index (κ3) is 3.82. The molecule has 3 aromatic rings. The van der Waals surface area contributed by atoms with Crippen LogP contribution >= 0.6 is 0 Å². The number of alkyl halides is 4. The van der Waals surface area contributed by atoms with Crippen LogP contribution in [0.5, 0.6) is 11.6 Å². The lowest BCUT2D eigenvalue weighted by Gasteiger charge is -2.16. The topological polar surface area (TPSA) is 106 Å². The number of aryl methyl sites for hydroxylation is 1. The van der Waals surface area contributed by atoms with E-state index in [0.717, 1.165) is 5.56 Å². The molecule has 2 atom stereocenters. The van der Waals surface area contributed by atoms with Crippen molar-refractivity contribution < 1.29 is 22.3 Å². The maximum atomic E-state index is 14.1. The van der Waals surface area contributed by atoms with E-state index in [0.29, 0.717) is 16.3 Å². The molecule has 2 N–H and O–H groups in total. The Bertz CT molecular complexity index is 1180. The standard InChI is InChI=1S/C20H17F4N7O/c1-30-16(5-15(29-30)31-10-20(23,24)17(21)18(31)22)32-14-4-11(6-25)2-3-13(14)19-27-8-12(7-26)9-28-19/h2-5,8-9,17-18H,7,10,26H2,1H3. The average Bonchev–Trinajstić information content (AvgIpc) is 3.25. The smallest absolute Gasteiger partial charge is 0.300 e. The van der Waals surface area contributed by atoms with E-state index in [-0.39, 0.29) is 29.6 Å². The molecule has 1 fully saturated rings. The van der Waals surface area contributed by atoms with Crippen molar-refractivity contribution in [3.8, 4) is 29.1 Å². The highest BCUT2D eigenvalue weighted by Crippen LogP contribution is 2.40. The molecule has 32 heavy (non-hydrogen) atoms. The van der Waals surface area contributed by atoms with E-state index < -0.39 is 24.9 Å². The van der Waals surface area contributed by atoms with Gasteiger partial charge < -0.3 is 15.4 Å². The van der Waals surface area contributed by atoms with Crippen LogP contribution in [-0.4, -0.2) is 44.7 Å². The number of aromatic nitrogens is 4. The number of anilines is 1. The van der Waals surface area contributed by atoms with E-state index in [1.54, 1.807) is 24.5 Å². The molecule has 0 spiro atoms. The van der Waals surface area contributed by atoms with Crippen LogP contribution in [0.1, 0.15) is 11.1 Å². The molecule has 1 saturated heterocycles. The van der Waals surface area contributed by atoms with E-state index in [9.17, 15) is 22.8 Å². The summed E-state index contributed by atoms with van der Waals surface area (Å²) in [7, 11) is 1.45. The number of ether oxygens (including phenoxy) is 1. The second-order valence-electron chi connectivity index (χ2n) is 7.17. The van der Waals surface area contributed by atoms with Crippen molar-refractivity contribution in [1.29, 1.82) is 5.26 Å². The zero-order valence-electron chi connectivity index (χ0n) is 16.7. The van der Waals surface area contributed by atoms with Crippen LogP contribution < -0.4 is 15.4 Å². The third-order valence-electron chi connectivity index (χ3n) is 4.95. The van der Waals surface area contributed by atoms with Crippen LogP contribution in [0.2, 0.25) is 0 Å². The Kier molecular flexibility index (Phi) is 5.43. The largest absolute Gasteiger partial charge is 0.438 e. The molecule has 1 aliphatic heterocycles. The highest BCUT2D eigenvalue weighted by molar-refractivity contribution is 5.66. The lowest BCUT2D eigenvalue weighted by molar-refractivity contribution is -0.0539. The molecule has 0 saturated carbocycles. The Morgan fingerprint density at radius 2 is 1.97 bits per heavy atom. The third-order valence-corrected chi connectivity index (χ3v) is 4.95. The maximum Gasteiger partial charge on any atom is 0.300 e. The molecule has 4 rings (SSSR count). The molecule has 166 valence electrons. The zero-order valence-corrected chi connectivity index (χ0v) is 16.7. The molecule has 0 radical (unpaired) electrons. The first-order valence-electron chi connectivity index (χ1n) is 9.43. The number of halogens is 4. The lowest BCUT2D eigenvalue weighted by atomic mass is 10.1. The number of hydrogen-bond donors (Lipinski definition) is 1. The van der Waals surface area contributed by atoms with Gasteiger partial charge in [-0.05, 0) is 18.2 Å². The van der Waals surface area contributed by atoms with Gasteiger partial charge >= 0.3 is 5.92 Å². The van der Waals surface area contributed by atoms with E-state index in [4.69, 9.17) is 10.5 Å². The maximum absolute atomic E-state index is 14.1.